The van der Waals surface area contributed by atoms with E-state index in [-0.39, 0.29) is 17.4 Å². The number of nitrogens with one attached hydrogen (secondary N) is 1. The van der Waals surface area contributed by atoms with E-state index in [2.05, 4.69) is 10.3 Å². The Hall–Kier alpha value is -1.94. The molecule has 116 valence electrons. The number of pyridine rings is 1. The quantitative estimate of drug-likeness (QED) is 0.859. The first-order valence-electron chi connectivity index (χ1n) is 7.81. The smallest absolute Gasteiger partial charge is 0.218 e. The third-order valence-electron chi connectivity index (χ3n) is 4.48. The third kappa shape index (κ3) is 2.10. The van der Waals surface area contributed by atoms with Crippen molar-refractivity contribution in [2.75, 3.05) is 7.11 Å². The Kier molecular flexibility index (Phi) is 3.87. The van der Waals surface area contributed by atoms with Crippen molar-refractivity contribution in [2.24, 2.45) is 0 Å². The van der Waals surface area contributed by atoms with Gasteiger partial charge in [0.25, 0.3) is 0 Å². The van der Waals surface area contributed by atoms with Crippen LogP contribution in [-0.4, -0.2) is 12.1 Å². The van der Waals surface area contributed by atoms with Gasteiger partial charge in [-0.2, -0.15) is 0 Å². The van der Waals surface area contributed by atoms with Gasteiger partial charge in [-0.05, 0) is 30.5 Å². The number of hydrogen-bond acceptors (Lipinski definition) is 3. The summed E-state index contributed by atoms with van der Waals surface area (Å²) in [5, 5.41) is 3.47. The van der Waals surface area contributed by atoms with Crippen molar-refractivity contribution in [2.45, 2.75) is 38.3 Å². The van der Waals surface area contributed by atoms with Gasteiger partial charge in [0.05, 0.1) is 18.7 Å². The summed E-state index contributed by atoms with van der Waals surface area (Å²) in [6.07, 6.45) is 3.58. The number of aromatic nitrogens is 1. The average Bonchev–Trinajstić information content (AvgIpc) is 3.32. The molecule has 22 heavy (non-hydrogen) atoms. The van der Waals surface area contributed by atoms with Gasteiger partial charge in [-0.25, -0.2) is 9.37 Å². The summed E-state index contributed by atoms with van der Waals surface area (Å²) < 4.78 is 19.5. The van der Waals surface area contributed by atoms with E-state index in [4.69, 9.17) is 4.74 Å². The Balaban J connectivity index is 0.000000693. The molecule has 2 heterocycles. The Labute approximate surface area is 130 Å². The van der Waals surface area contributed by atoms with E-state index in [9.17, 15) is 4.39 Å². The number of fused-ring (bicyclic) bond motifs is 3. The summed E-state index contributed by atoms with van der Waals surface area (Å²) in [6, 6.07) is 9.15. The van der Waals surface area contributed by atoms with E-state index in [0.29, 0.717) is 5.88 Å². The second-order valence-electron chi connectivity index (χ2n) is 5.42. The van der Waals surface area contributed by atoms with Gasteiger partial charge in [0, 0.05) is 17.3 Å². The van der Waals surface area contributed by atoms with E-state index >= 15 is 0 Å². The monoisotopic (exact) mass is 300 g/mol. The largest absolute Gasteiger partial charge is 0.481 e. The molecule has 0 bridgehead atoms. The number of aryl methyl sites for hydroxylation is 1. The van der Waals surface area contributed by atoms with Gasteiger partial charge < -0.3 is 4.74 Å². The maximum atomic E-state index is 14.1. The molecule has 1 aliphatic carbocycles. The molecule has 0 unspecified atom stereocenters. The molecule has 2 atom stereocenters. The molecule has 1 aliphatic heterocycles. The van der Waals surface area contributed by atoms with Crippen LogP contribution in [0.4, 0.5) is 4.39 Å². The lowest BCUT2D eigenvalue weighted by atomic mass is 9.80. The van der Waals surface area contributed by atoms with E-state index in [1.54, 1.807) is 19.4 Å². The first-order valence-corrected chi connectivity index (χ1v) is 7.81. The zero-order valence-corrected chi connectivity index (χ0v) is 13.2. The van der Waals surface area contributed by atoms with Gasteiger partial charge in [0.15, 0.2) is 0 Å². The summed E-state index contributed by atoms with van der Waals surface area (Å²) >= 11 is 0. The van der Waals surface area contributed by atoms with E-state index in [1.165, 1.54) is 11.6 Å². The zero-order valence-electron chi connectivity index (χ0n) is 13.2. The molecule has 0 radical (unpaired) electrons. The average molecular weight is 300 g/mol. The number of halogens is 1. The third-order valence-corrected chi connectivity index (χ3v) is 4.48. The van der Waals surface area contributed by atoms with Crippen LogP contribution < -0.4 is 10.1 Å². The van der Waals surface area contributed by atoms with E-state index in [0.717, 1.165) is 24.0 Å². The van der Waals surface area contributed by atoms with Crippen LogP contribution in [0, 0.1) is 5.82 Å². The molecule has 0 amide bonds. The Morgan fingerprint density at radius 1 is 1.27 bits per heavy atom. The van der Waals surface area contributed by atoms with Crippen LogP contribution in [0.3, 0.4) is 0 Å². The number of methoxy groups -OCH3 is 1. The van der Waals surface area contributed by atoms with Gasteiger partial charge in [0.2, 0.25) is 5.88 Å². The highest BCUT2D eigenvalue weighted by molar-refractivity contribution is 5.51. The number of ether oxygens (including phenoxy) is 1. The summed E-state index contributed by atoms with van der Waals surface area (Å²) in [4.78, 5) is 4.28. The Bertz CT molecular complexity index is 674. The maximum Gasteiger partial charge on any atom is 0.218 e. The van der Waals surface area contributed by atoms with E-state index in [1.807, 2.05) is 32.0 Å². The van der Waals surface area contributed by atoms with Crippen molar-refractivity contribution in [3.8, 4) is 5.88 Å². The predicted molar refractivity (Wildman–Crippen MR) is 84.4 cm³/mol. The molecule has 2 aliphatic rings. The molecular weight excluding hydrogens is 279 g/mol. The van der Waals surface area contributed by atoms with Crippen molar-refractivity contribution < 1.29 is 9.13 Å². The van der Waals surface area contributed by atoms with E-state index < -0.39 is 0 Å². The highest BCUT2D eigenvalue weighted by Gasteiger charge is 2.60. The molecule has 4 rings (SSSR count). The Morgan fingerprint density at radius 2 is 2.05 bits per heavy atom. The van der Waals surface area contributed by atoms with Gasteiger partial charge >= 0.3 is 0 Å². The minimum atomic E-state index is -0.283. The van der Waals surface area contributed by atoms with Gasteiger partial charge in [-0.15, -0.1) is 0 Å². The van der Waals surface area contributed by atoms with Gasteiger partial charge in [-0.3, -0.25) is 5.32 Å². The normalized spacial score (nSPS) is 24.5. The minimum absolute atomic E-state index is 0.104. The SMILES string of the molecule is CC.COc1nccc2c1[C@@H]1N[C@]1(c1ccccc1F)CC2. The molecule has 1 aromatic heterocycles. The lowest BCUT2D eigenvalue weighted by Gasteiger charge is -2.23. The highest BCUT2D eigenvalue weighted by atomic mass is 19.1. The summed E-state index contributed by atoms with van der Waals surface area (Å²) in [5.74, 6) is 0.506. The molecule has 1 fully saturated rings. The fourth-order valence-electron chi connectivity index (χ4n) is 3.45. The number of hydrogen-bond donors (Lipinski definition) is 1. The molecule has 4 heteroatoms. The fourth-order valence-corrected chi connectivity index (χ4v) is 3.45. The van der Waals surface area contributed by atoms with Crippen molar-refractivity contribution in [1.29, 1.82) is 0 Å². The molecule has 3 nitrogen and oxygen atoms in total. The molecule has 2 aromatic rings. The molecule has 1 saturated heterocycles. The predicted octanol–water partition coefficient (Wildman–Crippen LogP) is 3.74. The standard InChI is InChI=1S/C16H15FN2O.C2H6/c1-20-15-13-10(7-9-18-15)6-8-16(14(13)19-16)11-4-2-3-5-12(11)17;1-2/h2-5,7,9,14,19H,6,8H2,1H3;1-2H3/t14-,16-;/m0./s1. The first-order chi connectivity index (χ1) is 10.8. The van der Waals surface area contributed by atoms with Crippen molar-refractivity contribution >= 4 is 0 Å². The lowest BCUT2D eigenvalue weighted by Crippen LogP contribution is -2.20. The topological polar surface area (TPSA) is 44.1 Å². The molecular formula is C18H21FN2O. The second kappa shape index (κ2) is 5.69. The van der Waals surface area contributed by atoms with Crippen LogP contribution in [0.5, 0.6) is 5.88 Å². The van der Waals surface area contributed by atoms with Crippen LogP contribution >= 0.6 is 0 Å². The Morgan fingerprint density at radius 3 is 2.77 bits per heavy atom. The second-order valence-corrected chi connectivity index (χ2v) is 5.42. The molecule has 0 spiro atoms. The number of nitrogens with zero attached hydrogens (tertiary/aromatic N) is 1. The van der Waals surface area contributed by atoms with Crippen molar-refractivity contribution in [3.05, 3.63) is 59.0 Å². The van der Waals surface area contributed by atoms with Crippen LogP contribution in [0.15, 0.2) is 36.5 Å². The van der Waals surface area contributed by atoms with Crippen LogP contribution in [0.1, 0.15) is 43.0 Å². The van der Waals surface area contributed by atoms with Gasteiger partial charge in [-0.1, -0.05) is 32.0 Å². The van der Waals surface area contributed by atoms with Crippen molar-refractivity contribution in [1.82, 2.24) is 10.3 Å². The van der Waals surface area contributed by atoms with Crippen LogP contribution in [-0.2, 0) is 12.0 Å². The van der Waals surface area contributed by atoms with Crippen LogP contribution in [0.2, 0.25) is 0 Å². The molecule has 0 saturated carbocycles. The fraction of sp³-hybridized carbons (Fsp3) is 0.389. The lowest BCUT2D eigenvalue weighted by molar-refractivity contribution is 0.387. The number of rotatable bonds is 2. The summed E-state index contributed by atoms with van der Waals surface area (Å²) in [7, 11) is 1.63. The zero-order chi connectivity index (χ0) is 15.7. The summed E-state index contributed by atoms with van der Waals surface area (Å²) in [5.41, 5.74) is 2.80. The minimum Gasteiger partial charge on any atom is -0.481 e. The maximum absolute atomic E-state index is 14.1. The summed E-state index contributed by atoms with van der Waals surface area (Å²) in [6.45, 7) is 4.00. The van der Waals surface area contributed by atoms with Crippen LogP contribution in [0.25, 0.3) is 0 Å². The number of benzene rings is 1. The molecule has 1 N–H and O–H groups in total. The highest BCUT2D eigenvalue weighted by Crippen LogP contribution is 2.57. The molecule has 1 aromatic carbocycles. The first kappa shape index (κ1) is 15.0. The van der Waals surface area contributed by atoms with Crippen molar-refractivity contribution in [3.63, 3.8) is 0 Å². The van der Waals surface area contributed by atoms with Gasteiger partial charge in [0.1, 0.15) is 5.82 Å².